The summed E-state index contributed by atoms with van der Waals surface area (Å²) < 4.78 is 4.90. The maximum absolute atomic E-state index is 11.9. The average molecular weight is 307 g/mol. The summed E-state index contributed by atoms with van der Waals surface area (Å²) in [5.41, 5.74) is 0.427. The minimum atomic E-state index is -1.26. The summed E-state index contributed by atoms with van der Waals surface area (Å²) in [5, 5.41) is 11.2. The smallest absolute Gasteiger partial charge is 0.331 e. The molecule has 0 aromatic heterocycles. The number of hydrogen-bond acceptors (Lipinski definition) is 4. The highest BCUT2D eigenvalue weighted by Gasteiger charge is 2.23. The Bertz CT molecular complexity index is 505. The Balaban J connectivity index is 4.97. The van der Waals surface area contributed by atoms with E-state index in [0.29, 0.717) is 5.57 Å². The molecular formula is C16H21NO5. The van der Waals surface area contributed by atoms with E-state index in [1.54, 1.807) is 13.0 Å². The van der Waals surface area contributed by atoms with Crippen molar-refractivity contribution in [1.82, 2.24) is 5.32 Å². The maximum atomic E-state index is 11.9. The highest BCUT2D eigenvalue weighted by molar-refractivity contribution is 5.94. The van der Waals surface area contributed by atoms with Gasteiger partial charge in [0.25, 0.3) is 0 Å². The summed E-state index contributed by atoms with van der Waals surface area (Å²) in [7, 11) is 0. The fourth-order valence-corrected chi connectivity index (χ4v) is 1.56. The maximum Gasteiger partial charge on any atom is 0.331 e. The molecule has 1 unspecified atom stereocenters. The quantitative estimate of drug-likeness (QED) is 0.364. The van der Waals surface area contributed by atoms with Gasteiger partial charge in [0.2, 0.25) is 5.91 Å². The van der Waals surface area contributed by atoms with Gasteiger partial charge in [0.05, 0.1) is 13.0 Å². The van der Waals surface area contributed by atoms with E-state index in [4.69, 9.17) is 9.84 Å². The van der Waals surface area contributed by atoms with Gasteiger partial charge in [0.15, 0.2) is 0 Å². The van der Waals surface area contributed by atoms with Crippen molar-refractivity contribution < 1.29 is 24.2 Å². The van der Waals surface area contributed by atoms with Crippen LogP contribution in [-0.2, 0) is 19.1 Å². The van der Waals surface area contributed by atoms with Gasteiger partial charge in [0, 0.05) is 12.0 Å². The van der Waals surface area contributed by atoms with Crippen molar-refractivity contribution in [2.24, 2.45) is 0 Å². The van der Waals surface area contributed by atoms with E-state index < -0.39 is 30.3 Å². The molecule has 0 heterocycles. The number of allylic oxidation sites excluding steroid dienone is 3. The molecule has 0 saturated heterocycles. The van der Waals surface area contributed by atoms with E-state index in [1.165, 1.54) is 12.2 Å². The summed E-state index contributed by atoms with van der Waals surface area (Å²) in [6.07, 6.45) is 4.49. The first kappa shape index (κ1) is 19.4. The molecule has 6 nitrogen and oxygen atoms in total. The number of hydrogen-bond donors (Lipinski definition) is 2. The Morgan fingerprint density at radius 1 is 1.32 bits per heavy atom. The summed E-state index contributed by atoms with van der Waals surface area (Å²) >= 11 is 0. The number of aliphatic carboxylic acids is 1. The lowest BCUT2D eigenvalue weighted by atomic mass is 10.0. The first-order valence-corrected chi connectivity index (χ1v) is 6.66. The minimum Gasteiger partial charge on any atom is -0.478 e. The van der Waals surface area contributed by atoms with Crippen LogP contribution in [0.2, 0.25) is 0 Å². The topological polar surface area (TPSA) is 92.7 Å². The predicted octanol–water partition coefficient (Wildman–Crippen LogP) is 1.75. The molecule has 0 aromatic carbocycles. The zero-order valence-electron chi connectivity index (χ0n) is 12.6. The molecule has 0 spiro atoms. The second kappa shape index (κ2) is 10.1. The normalized spacial score (nSPS) is 12.0. The SMILES string of the molecule is C=C/C=C(\C=C)CC(NC(=O)CC(=C)C(=O)O)C(=O)OCC. The van der Waals surface area contributed by atoms with Crippen LogP contribution >= 0.6 is 0 Å². The fraction of sp³-hybridized carbons (Fsp3) is 0.312. The van der Waals surface area contributed by atoms with Gasteiger partial charge in [0.1, 0.15) is 6.04 Å². The van der Waals surface area contributed by atoms with Crippen molar-refractivity contribution in [3.05, 3.63) is 49.1 Å². The van der Waals surface area contributed by atoms with Crippen molar-refractivity contribution in [1.29, 1.82) is 0 Å². The van der Waals surface area contributed by atoms with Crippen LogP contribution in [0.25, 0.3) is 0 Å². The molecule has 0 aliphatic rings. The molecule has 0 radical (unpaired) electrons. The fourth-order valence-electron chi connectivity index (χ4n) is 1.56. The number of rotatable bonds is 10. The lowest BCUT2D eigenvalue weighted by Gasteiger charge is -2.17. The van der Waals surface area contributed by atoms with E-state index >= 15 is 0 Å². The number of nitrogens with one attached hydrogen (secondary N) is 1. The minimum absolute atomic E-state index is 0.166. The molecule has 120 valence electrons. The van der Waals surface area contributed by atoms with Gasteiger partial charge >= 0.3 is 11.9 Å². The molecule has 2 N–H and O–H groups in total. The van der Waals surface area contributed by atoms with Crippen LogP contribution in [0.5, 0.6) is 0 Å². The van der Waals surface area contributed by atoms with E-state index in [9.17, 15) is 14.4 Å². The third-order valence-electron chi connectivity index (χ3n) is 2.62. The molecule has 0 saturated carbocycles. The molecule has 1 atom stereocenters. The number of amides is 1. The van der Waals surface area contributed by atoms with Gasteiger partial charge in [-0.15, -0.1) is 0 Å². The van der Waals surface area contributed by atoms with Crippen molar-refractivity contribution in [3.63, 3.8) is 0 Å². The van der Waals surface area contributed by atoms with Crippen LogP contribution in [-0.4, -0.2) is 35.6 Å². The molecule has 0 aromatic rings. The highest BCUT2D eigenvalue weighted by atomic mass is 16.5. The Hall–Kier alpha value is -2.63. The number of carboxylic acid groups (broad SMARTS) is 1. The molecule has 0 aliphatic carbocycles. The van der Waals surface area contributed by atoms with Crippen molar-refractivity contribution >= 4 is 17.8 Å². The molecule has 22 heavy (non-hydrogen) atoms. The molecule has 0 bridgehead atoms. The van der Waals surface area contributed by atoms with Crippen LogP contribution in [0.4, 0.5) is 0 Å². The van der Waals surface area contributed by atoms with Crippen molar-refractivity contribution in [3.8, 4) is 0 Å². The summed E-state index contributed by atoms with van der Waals surface area (Å²) in [6, 6.07) is -0.932. The second-order valence-electron chi connectivity index (χ2n) is 4.34. The average Bonchev–Trinajstić information content (AvgIpc) is 2.45. The molecule has 0 aliphatic heterocycles. The van der Waals surface area contributed by atoms with Crippen molar-refractivity contribution in [2.45, 2.75) is 25.8 Å². The number of ether oxygens (including phenoxy) is 1. The monoisotopic (exact) mass is 307 g/mol. The van der Waals surface area contributed by atoms with E-state index in [0.717, 1.165) is 0 Å². The number of carboxylic acids is 1. The number of carbonyl (C=O) groups excluding carboxylic acids is 2. The van der Waals surface area contributed by atoms with E-state index in [2.05, 4.69) is 25.1 Å². The Kier molecular flexibility index (Phi) is 8.94. The second-order valence-corrected chi connectivity index (χ2v) is 4.34. The largest absolute Gasteiger partial charge is 0.478 e. The lowest BCUT2D eigenvalue weighted by Crippen LogP contribution is -2.42. The van der Waals surface area contributed by atoms with Gasteiger partial charge in [-0.25, -0.2) is 9.59 Å². The molecular weight excluding hydrogens is 286 g/mol. The van der Waals surface area contributed by atoms with E-state index in [1.807, 2.05) is 0 Å². The Morgan fingerprint density at radius 3 is 2.41 bits per heavy atom. The molecule has 6 heteroatoms. The molecule has 0 fully saturated rings. The predicted molar refractivity (Wildman–Crippen MR) is 83.1 cm³/mol. The van der Waals surface area contributed by atoms with E-state index in [-0.39, 0.29) is 18.6 Å². The van der Waals surface area contributed by atoms with Gasteiger partial charge in [-0.05, 0) is 12.5 Å². The van der Waals surface area contributed by atoms with Crippen LogP contribution in [0.1, 0.15) is 19.8 Å². The standard InChI is InChI=1S/C16H21NO5/c1-5-8-12(6-2)10-13(16(21)22-7-3)17-14(18)9-11(4)15(19)20/h5-6,8,13H,1-2,4,7,9-10H2,3H3,(H,17,18)(H,19,20)/b12-8+. The number of esters is 1. The zero-order chi connectivity index (χ0) is 17.1. The summed E-state index contributed by atoms with van der Waals surface area (Å²) in [6.45, 7) is 12.3. The summed E-state index contributed by atoms with van der Waals surface area (Å²) in [5.74, 6) is -2.48. The first-order chi connectivity index (χ1) is 10.3. The van der Waals surface area contributed by atoms with Crippen molar-refractivity contribution in [2.75, 3.05) is 6.61 Å². The summed E-state index contributed by atoms with van der Waals surface area (Å²) in [4.78, 5) is 34.3. The molecule has 0 rings (SSSR count). The van der Waals surface area contributed by atoms with Gasteiger partial charge in [-0.2, -0.15) is 0 Å². The van der Waals surface area contributed by atoms with Crippen LogP contribution in [0.3, 0.4) is 0 Å². The number of carbonyl (C=O) groups is 3. The first-order valence-electron chi connectivity index (χ1n) is 6.66. The third kappa shape index (κ3) is 7.23. The van der Waals surface area contributed by atoms with Gasteiger partial charge in [-0.3, -0.25) is 4.79 Å². The molecule has 1 amide bonds. The Labute approximate surface area is 129 Å². The Morgan fingerprint density at radius 2 is 1.95 bits per heavy atom. The van der Waals surface area contributed by atoms with Crippen LogP contribution < -0.4 is 5.32 Å². The zero-order valence-corrected chi connectivity index (χ0v) is 12.6. The van der Waals surface area contributed by atoms with Crippen LogP contribution in [0.15, 0.2) is 49.1 Å². The van der Waals surface area contributed by atoms with Crippen LogP contribution in [0, 0.1) is 0 Å². The third-order valence-corrected chi connectivity index (χ3v) is 2.62. The van der Waals surface area contributed by atoms with Gasteiger partial charge in [-0.1, -0.05) is 38.0 Å². The van der Waals surface area contributed by atoms with Gasteiger partial charge < -0.3 is 15.2 Å². The lowest BCUT2D eigenvalue weighted by molar-refractivity contribution is -0.147. The highest BCUT2D eigenvalue weighted by Crippen LogP contribution is 2.10.